The quantitative estimate of drug-likeness (QED) is 0.615. The van der Waals surface area contributed by atoms with Crippen LogP contribution in [0.3, 0.4) is 0 Å². The van der Waals surface area contributed by atoms with E-state index in [0.29, 0.717) is 0 Å². The molecule has 4 heteroatoms. The first-order valence-corrected chi connectivity index (χ1v) is 6.91. The molecule has 0 unspecified atom stereocenters. The molecule has 0 aromatic carbocycles. The van der Waals surface area contributed by atoms with E-state index in [-0.39, 0.29) is 0 Å². The van der Waals surface area contributed by atoms with E-state index in [0.717, 1.165) is 35.1 Å². The number of hydrogen-bond donors (Lipinski definition) is 0. The second kappa shape index (κ2) is 5.97. The lowest BCUT2D eigenvalue weighted by Crippen LogP contribution is -2.32. The van der Waals surface area contributed by atoms with Gasteiger partial charge in [0.05, 0.1) is 6.54 Å². The monoisotopic (exact) mass is 273 g/mol. The van der Waals surface area contributed by atoms with E-state index in [1.807, 2.05) is 28.9 Å². The lowest BCUT2D eigenvalue weighted by atomic mass is 10.1. The zero-order valence-corrected chi connectivity index (χ0v) is 12.3. The van der Waals surface area contributed by atoms with Crippen LogP contribution in [0.15, 0.2) is 37.1 Å². The molecule has 0 fully saturated rings. The summed E-state index contributed by atoms with van der Waals surface area (Å²) in [4.78, 5) is 4.47. The van der Waals surface area contributed by atoms with Crippen molar-refractivity contribution in [1.82, 2.24) is 9.66 Å². The Morgan fingerprint density at radius 2 is 2.32 bits per heavy atom. The Labute approximate surface area is 119 Å². The highest BCUT2D eigenvalue weighted by Crippen LogP contribution is 2.17. The van der Waals surface area contributed by atoms with Gasteiger partial charge in [-0.25, -0.2) is 9.66 Å². The van der Waals surface area contributed by atoms with Crippen LogP contribution in [0.2, 0.25) is 0 Å². The maximum absolute atomic E-state index is 5.62. The molecule has 2 rings (SSSR count). The van der Waals surface area contributed by atoms with Crippen LogP contribution >= 0.6 is 12.2 Å². The number of aromatic nitrogens is 2. The molecule has 0 saturated carbocycles. The van der Waals surface area contributed by atoms with Gasteiger partial charge in [-0.2, -0.15) is 0 Å². The van der Waals surface area contributed by atoms with Crippen LogP contribution in [0.1, 0.15) is 18.9 Å². The maximum Gasteiger partial charge on any atom is 0.159 e. The molecule has 19 heavy (non-hydrogen) atoms. The highest BCUT2D eigenvalue weighted by Gasteiger charge is 2.09. The first-order chi connectivity index (χ1) is 9.19. The van der Waals surface area contributed by atoms with Gasteiger partial charge >= 0.3 is 0 Å². The number of likely N-dealkylation sites (N-methyl/N-ethyl adjacent to an activating group) is 1. The van der Waals surface area contributed by atoms with Gasteiger partial charge < -0.3 is 5.01 Å². The minimum atomic E-state index is 0.732. The molecule has 2 heterocycles. The summed E-state index contributed by atoms with van der Waals surface area (Å²) in [5, 5.41) is 3.17. The van der Waals surface area contributed by atoms with Crippen molar-refractivity contribution in [3.05, 3.63) is 47.3 Å². The Kier molecular flexibility index (Phi) is 4.32. The molecule has 0 aliphatic heterocycles. The normalized spacial score (nSPS) is 10.6. The lowest BCUT2D eigenvalue weighted by Gasteiger charge is -2.23. The van der Waals surface area contributed by atoms with Gasteiger partial charge in [0.25, 0.3) is 0 Å². The zero-order valence-electron chi connectivity index (χ0n) is 11.5. The molecule has 0 saturated heterocycles. The molecule has 100 valence electrons. The zero-order chi connectivity index (χ0) is 13.8. The van der Waals surface area contributed by atoms with Crippen molar-refractivity contribution in [2.24, 2.45) is 0 Å². The Bertz CT molecular complexity index is 645. The molecule has 0 N–H and O–H groups in total. The predicted molar refractivity (Wildman–Crippen MR) is 83.8 cm³/mol. The number of nitrogens with zero attached hydrogens (tertiary/aromatic N) is 3. The fourth-order valence-electron chi connectivity index (χ4n) is 2.21. The van der Waals surface area contributed by atoms with E-state index in [1.54, 1.807) is 6.20 Å². The molecule has 2 aromatic rings. The number of pyridine rings is 2. The number of aryl methyl sites for hydroxylation is 1. The summed E-state index contributed by atoms with van der Waals surface area (Å²) < 4.78 is 2.86. The Balaban J connectivity index is 2.72. The molecule has 0 aliphatic carbocycles. The molecule has 0 atom stereocenters. The molecular formula is C15H19N3S. The maximum atomic E-state index is 5.62. The van der Waals surface area contributed by atoms with Crippen molar-refractivity contribution in [3.8, 4) is 0 Å². The molecule has 0 amide bonds. The largest absolute Gasteiger partial charge is 0.309 e. The smallest absolute Gasteiger partial charge is 0.159 e. The van der Waals surface area contributed by atoms with E-state index < -0.39 is 0 Å². The van der Waals surface area contributed by atoms with Gasteiger partial charge in [0.2, 0.25) is 0 Å². The van der Waals surface area contributed by atoms with Crippen LogP contribution in [-0.4, -0.2) is 23.3 Å². The summed E-state index contributed by atoms with van der Waals surface area (Å²) in [5.74, 6) is 0. The van der Waals surface area contributed by atoms with E-state index in [1.165, 1.54) is 5.56 Å². The van der Waals surface area contributed by atoms with Crippen LogP contribution in [0.25, 0.3) is 11.0 Å². The molecular weight excluding hydrogens is 254 g/mol. The van der Waals surface area contributed by atoms with E-state index >= 15 is 0 Å². The van der Waals surface area contributed by atoms with Gasteiger partial charge in [-0.3, -0.25) is 0 Å². The third kappa shape index (κ3) is 2.68. The van der Waals surface area contributed by atoms with Gasteiger partial charge in [-0.05, 0) is 30.2 Å². The van der Waals surface area contributed by atoms with Gasteiger partial charge in [0.15, 0.2) is 5.65 Å². The molecule has 0 bridgehead atoms. The summed E-state index contributed by atoms with van der Waals surface area (Å²) in [6.45, 7) is 6.68. The van der Waals surface area contributed by atoms with Crippen molar-refractivity contribution in [1.29, 1.82) is 0 Å². The van der Waals surface area contributed by atoms with Crippen LogP contribution in [-0.2, 0) is 6.42 Å². The van der Waals surface area contributed by atoms with Crippen molar-refractivity contribution in [2.45, 2.75) is 19.8 Å². The summed E-state index contributed by atoms with van der Waals surface area (Å²) in [6.07, 6.45) is 5.74. The first-order valence-electron chi connectivity index (χ1n) is 6.51. The van der Waals surface area contributed by atoms with Crippen LogP contribution in [0.4, 0.5) is 0 Å². The molecule has 2 aromatic heterocycles. The second-order valence-corrected chi connectivity index (χ2v) is 4.97. The topological polar surface area (TPSA) is 21.1 Å². The summed E-state index contributed by atoms with van der Waals surface area (Å²) in [7, 11) is 2.00. The lowest BCUT2D eigenvalue weighted by molar-refractivity contribution is 0.690. The Morgan fingerprint density at radius 1 is 1.53 bits per heavy atom. The molecule has 0 aliphatic rings. The van der Waals surface area contributed by atoms with Gasteiger partial charge in [-0.15, -0.1) is 6.58 Å². The molecule has 0 radical (unpaired) electrons. The highest BCUT2D eigenvalue weighted by atomic mass is 32.1. The number of rotatable bonds is 5. The van der Waals surface area contributed by atoms with E-state index in [9.17, 15) is 0 Å². The van der Waals surface area contributed by atoms with Gasteiger partial charge in [0.1, 0.15) is 4.64 Å². The summed E-state index contributed by atoms with van der Waals surface area (Å²) in [6, 6.07) is 6.19. The third-order valence-corrected chi connectivity index (χ3v) is 3.50. The fourth-order valence-corrected chi connectivity index (χ4v) is 2.60. The average molecular weight is 273 g/mol. The van der Waals surface area contributed by atoms with Crippen molar-refractivity contribution in [3.63, 3.8) is 0 Å². The van der Waals surface area contributed by atoms with E-state index in [2.05, 4.69) is 30.6 Å². The SMILES string of the molecule is C=CCN(C)n1c(=S)c(CCC)cc2cccnc21. The predicted octanol–water partition coefficient (Wildman–Crippen LogP) is 3.47. The van der Waals surface area contributed by atoms with Gasteiger partial charge in [0, 0.05) is 18.6 Å². The average Bonchev–Trinajstić information content (AvgIpc) is 2.40. The summed E-state index contributed by atoms with van der Waals surface area (Å²) >= 11 is 5.62. The minimum absolute atomic E-state index is 0.732. The molecule has 0 spiro atoms. The van der Waals surface area contributed by atoms with Gasteiger partial charge in [-0.1, -0.05) is 31.6 Å². The minimum Gasteiger partial charge on any atom is -0.309 e. The second-order valence-electron chi connectivity index (χ2n) is 4.58. The van der Waals surface area contributed by atoms with Crippen molar-refractivity contribution in [2.75, 3.05) is 18.6 Å². The van der Waals surface area contributed by atoms with Crippen LogP contribution < -0.4 is 5.01 Å². The number of fused-ring (bicyclic) bond motifs is 1. The van der Waals surface area contributed by atoms with Crippen LogP contribution in [0, 0.1) is 4.64 Å². The van der Waals surface area contributed by atoms with E-state index in [4.69, 9.17) is 12.2 Å². The Hall–Kier alpha value is -1.68. The highest BCUT2D eigenvalue weighted by molar-refractivity contribution is 7.71. The summed E-state index contributed by atoms with van der Waals surface area (Å²) in [5.41, 5.74) is 2.10. The van der Waals surface area contributed by atoms with Crippen molar-refractivity contribution < 1.29 is 0 Å². The third-order valence-electron chi connectivity index (χ3n) is 3.07. The first kappa shape index (κ1) is 13.7. The number of hydrogen-bond acceptors (Lipinski definition) is 3. The standard InChI is InChI=1S/C15H19N3S/c1-4-7-13-11-12-8-6-9-16-14(12)18(15(13)19)17(3)10-5-2/h5-6,8-9,11H,2,4,7,10H2,1,3H3. The Morgan fingerprint density at radius 3 is 3.00 bits per heavy atom. The van der Waals surface area contributed by atoms with Crippen LogP contribution in [0.5, 0.6) is 0 Å². The molecule has 3 nitrogen and oxygen atoms in total. The van der Waals surface area contributed by atoms with Crippen molar-refractivity contribution >= 4 is 23.3 Å². The fraction of sp³-hybridized carbons (Fsp3) is 0.333.